The summed E-state index contributed by atoms with van der Waals surface area (Å²) in [4.78, 5) is 29.4. The number of halogens is 2. The number of nitrogens with zero attached hydrogens (tertiary/aromatic N) is 4. The summed E-state index contributed by atoms with van der Waals surface area (Å²) in [6, 6.07) is 12.2. The summed E-state index contributed by atoms with van der Waals surface area (Å²) in [7, 11) is 0. The first-order valence-electron chi connectivity index (χ1n) is 11.6. The van der Waals surface area contributed by atoms with Gasteiger partial charge in [-0.1, -0.05) is 29.3 Å². The van der Waals surface area contributed by atoms with Crippen LogP contribution in [-0.4, -0.2) is 64.1 Å². The molecule has 1 aliphatic carbocycles. The van der Waals surface area contributed by atoms with E-state index in [4.69, 9.17) is 28.9 Å². The summed E-state index contributed by atoms with van der Waals surface area (Å²) >= 11 is 12.6. The number of amides is 2. The first kappa shape index (κ1) is 23.7. The maximum atomic E-state index is 13.0. The third-order valence-corrected chi connectivity index (χ3v) is 7.01. The number of nitrogens with one attached hydrogen (secondary N) is 1. The van der Waals surface area contributed by atoms with Crippen molar-refractivity contribution >= 4 is 46.4 Å². The fourth-order valence-electron chi connectivity index (χ4n) is 4.30. The number of rotatable bonds is 7. The van der Waals surface area contributed by atoms with Crippen molar-refractivity contribution in [2.45, 2.75) is 12.8 Å². The summed E-state index contributed by atoms with van der Waals surface area (Å²) in [5.41, 5.74) is 7.75. The van der Waals surface area contributed by atoms with Crippen LogP contribution >= 0.6 is 23.2 Å². The highest BCUT2D eigenvalue weighted by Gasteiger charge is 2.28. The Labute approximate surface area is 213 Å². The molecule has 2 fully saturated rings. The van der Waals surface area contributed by atoms with Crippen LogP contribution in [0.5, 0.6) is 0 Å². The molecule has 0 atom stereocenters. The molecule has 2 aromatic carbocycles. The number of para-hydroxylation sites is 1. The molecule has 2 amide bonds. The lowest BCUT2D eigenvalue weighted by atomic mass is 10.1. The first-order chi connectivity index (χ1) is 16.9. The van der Waals surface area contributed by atoms with Crippen molar-refractivity contribution in [2.24, 2.45) is 11.7 Å². The van der Waals surface area contributed by atoms with Gasteiger partial charge in [-0.25, -0.2) is 4.68 Å². The Morgan fingerprint density at radius 1 is 1.00 bits per heavy atom. The number of benzene rings is 2. The average molecular weight is 513 g/mol. The summed E-state index contributed by atoms with van der Waals surface area (Å²) in [6.45, 7) is 4.51. The molecule has 0 radical (unpaired) electrons. The third-order valence-electron chi connectivity index (χ3n) is 6.40. The molecule has 0 spiro atoms. The van der Waals surface area contributed by atoms with E-state index in [0.29, 0.717) is 32.7 Å². The molecule has 35 heavy (non-hydrogen) atoms. The fourth-order valence-corrected chi connectivity index (χ4v) is 4.87. The Hall–Kier alpha value is -3.07. The average Bonchev–Trinajstić information content (AvgIpc) is 3.56. The fraction of sp³-hybridized carbons (Fsp3) is 0.320. The quantitative estimate of drug-likeness (QED) is 0.494. The second kappa shape index (κ2) is 9.89. The number of carbonyl (C=O) groups excluding carboxylic acids is 2. The zero-order chi connectivity index (χ0) is 24.5. The highest BCUT2D eigenvalue weighted by molar-refractivity contribution is 6.37. The minimum absolute atomic E-state index is 0.0293. The Kier molecular flexibility index (Phi) is 6.69. The second-order valence-electron chi connectivity index (χ2n) is 9.01. The molecular formula is C25H26Cl2N6O2. The van der Waals surface area contributed by atoms with Crippen molar-refractivity contribution in [3.05, 3.63) is 70.0 Å². The second-order valence-corrected chi connectivity index (χ2v) is 9.82. The molecule has 1 saturated heterocycles. The molecule has 1 saturated carbocycles. The molecule has 10 heteroatoms. The van der Waals surface area contributed by atoms with Crippen LogP contribution in [0.15, 0.2) is 48.7 Å². The molecule has 0 bridgehead atoms. The smallest absolute Gasteiger partial charge is 0.271 e. The minimum atomic E-state index is -0.693. The molecular weight excluding hydrogens is 487 g/mol. The monoisotopic (exact) mass is 512 g/mol. The van der Waals surface area contributed by atoms with Crippen molar-refractivity contribution in [1.29, 1.82) is 0 Å². The summed E-state index contributed by atoms with van der Waals surface area (Å²) in [6.07, 6.45) is 4.29. The number of carbonyl (C=O) groups is 2. The van der Waals surface area contributed by atoms with Crippen LogP contribution < -0.4 is 11.1 Å². The van der Waals surface area contributed by atoms with Gasteiger partial charge in [-0.2, -0.15) is 5.10 Å². The molecule has 2 heterocycles. The normalized spacial score (nSPS) is 16.3. The predicted molar refractivity (Wildman–Crippen MR) is 137 cm³/mol. The molecule has 3 aromatic rings. The van der Waals surface area contributed by atoms with Gasteiger partial charge in [0.2, 0.25) is 0 Å². The van der Waals surface area contributed by atoms with Crippen molar-refractivity contribution in [1.82, 2.24) is 19.6 Å². The number of nitrogens with two attached hydrogens (primary N) is 1. The van der Waals surface area contributed by atoms with Gasteiger partial charge in [-0.3, -0.25) is 14.5 Å². The molecule has 0 unspecified atom stereocenters. The highest BCUT2D eigenvalue weighted by Crippen LogP contribution is 2.31. The summed E-state index contributed by atoms with van der Waals surface area (Å²) < 4.78 is 1.42. The predicted octanol–water partition coefficient (Wildman–Crippen LogP) is 4.19. The largest absolute Gasteiger partial charge is 0.364 e. The zero-order valence-corrected chi connectivity index (χ0v) is 20.6. The minimum Gasteiger partial charge on any atom is -0.364 e. The van der Waals surface area contributed by atoms with Crippen LogP contribution in [0.1, 0.15) is 33.7 Å². The van der Waals surface area contributed by atoms with E-state index in [9.17, 15) is 9.59 Å². The van der Waals surface area contributed by atoms with Crippen molar-refractivity contribution in [2.75, 3.05) is 38.0 Å². The lowest BCUT2D eigenvalue weighted by molar-refractivity contribution is 0.0632. The molecule has 8 nitrogen and oxygen atoms in total. The van der Waals surface area contributed by atoms with E-state index in [1.54, 1.807) is 48.7 Å². The standard InChI is InChI=1S/C25H26Cl2N6O2/c26-19-2-1-3-20(27)23(19)33-15-21(22(30-33)24(28)34)29-18-8-6-17(7-9-18)25(35)32-12-10-31(11-13-32)14-16-4-5-16/h1-3,6-9,15-16,29H,4-5,10-14H2,(H2,28,34). The van der Waals surface area contributed by atoms with Crippen molar-refractivity contribution < 1.29 is 9.59 Å². The zero-order valence-electron chi connectivity index (χ0n) is 19.1. The van der Waals surface area contributed by atoms with Gasteiger partial charge in [0.1, 0.15) is 5.69 Å². The van der Waals surface area contributed by atoms with E-state index in [-0.39, 0.29) is 11.6 Å². The van der Waals surface area contributed by atoms with Crippen LogP contribution in [0.25, 0.3) is 5.69 Å². The van der Waals surface area contributed by atoms with Crippen molar-refractivity contribution in [3.63, 3.8) is 0 Å². The number of aromatic nitrogens is 2. The van der Waals surface area contributed by atoms with Gasteiger partial charge in [0.05, 0.1) is 21.9 Å². The maximum absolute atomic E-state index is 13.0. The van der Waals surface area contributed by atoms with Crippen LogP contribution in [0.3, 0.4) is 0 Å². The van der Waals surface area contributed by atoms with Gasteiger partial charge >= 0.3 is 0 Å². The topological polar surface area (TPSA) is 96.5 Å². The molecule has 1 aliphatic heterocycles. The van der Waals surface area contributed by atoms with E-state index in [0.717, 1.165) is 38.6 Å². The number of primary amides is 1. The lowest BCUT2D eigenvalue weighted by Gasteiger charge is -2.34. The number of anilines is 2. The van der Waals surface area contributed by atoms with Gasteiger partial charge in [-0.05, 0) is 55.2 Å². The van der Waals surface area contributed by atoms with Crippen LogP contribution in [0.2, 0.25) is 10.0 Å². The van der Waals surface area contributed by atoms with Gasteiger partial charge < -0.3 is 16.0 Å². The van der Waals surface area contributed by atoms with E-state index >= 15 is 0 Å². The Morgan fingerprint density at radius 2 is 1.66 bits per heavy atom. The number of hydrogen-bond acceptors (Lipinski definition) is 5. The molecule has 5 rings (SSSR count). The number of hydrogen-bond donors (Lipinski definition) is 2. The summed E-state index contributed by atoms with van der Waals surface area (Å²) in [5.74, 6) is 0.199. The van der Waals surface area contributed by atoms with Gasteiger partial charge in [-0.15, -0.1) is 0 Å². The molecule has 3 N–H and O–H groups in total. The molecule has 2 aliphatic rings. The van der Waals surface area contributed by atoms with Crippen LogP contribution in [0.4, 0.5) is 11.4 Å². The SMILES string of the molecule is NC(=O)c1nn(-c2c(Cl)cccc2Cl)cc1Nc1ccc(C(=O)N2CCN(CC3CC3)CC2)cc1. The lowest BCUT2D eigenvalue weighted by Crippen LogP contribution is -2.49. The van der Waals surface area contributed by atoms with Crippen molar-refractivity contribution in [3.8, 4) is 5.69 Å². The van der Waals surface area contributed by atoms with Gasteiger partial charge in [0, 0.05) is 44.0 Å². The first-order valence-corrected chi connectivity index (χ1v) is 12.4. The third kappa shape index (κ3) is 5.29. The highest BCUT2D eigenvalue weighted by atomic mass is 35.5. The number of piperazine rings is 1. The Balaban J connectivity index is 1.28. The Morgan fingerprint density at radius 3 is 2.26 bits per heavy atom. The molecule has 1 aromatic heterocycles. The summed E-state index contributed by atoms with van der Waals surface area (Å²) in [5, 5.41) is 8.21. The van der Waals surface area contributed by atoms with Gasteiger partial charge in [0.15, 0.2) is 5.69 Å². The van der Waals surface area contributed by atoms with E-state index in [2.05, 4.69) is 15.3 Å². The van der Waals surface area contributed by atoms with Crippen LogP contribution in [-0.2, 0) is 0 Å². The van der Waals surface area contributed by atoms with E-state index < -0.39 is 5.91 Å². The van der Waals surface area contributed by atoms with Crippen LogP contribution in [0, 0.1) is 5.92 Å². The molecule has 182 valence electrons. The maximum Gasteiger partial charge on any atom is 0.271 e. The van der Waals surface area contributed by atoms with E-state index in [1.807, 2.05) is 4.90 Å². The van der Waals surface area contributed by atoms with E-state index in [1.165, 1.54) is 17.5 Å². The Bertz CT molecular complexity index is 1230. The van der Waals surface area contributed by atoms with Gasteiger partial charge in [0.25, 0.3) is 11.8 Å².